The lowest BCUT2D eigenvalue weighted by Crippen LogP contribution is -2.45. The van der Waals surface area contributed by atoms with Crippen LogP contribution in [0.1, 0.15) is 39.5 Å². The minimum Gasteiger partial charge on any atom is -0.454 e. The van der Waals surface area contributed by atoms with E-state index in [4.69, 9.17) is 4.74 Å². The first-order valence-corrected chi connectivity index (χ1v) is 8.93. The second-order valence-electron chi connectivity index (χ2n) is 6.56. The molecular formula is C17H25N3O6. The summed E-state index contributed by atoms with van der Waals surface area (Å²) in [6.07, 6.45) is 3.13. The van der Waals surface area contributed by atoms with Crippen molar-refractivity contribution in [2.24, 2.45) is 11.8 Å². The Morgan fingerprint density at radius 2 is 1.65 bits per heavy atom. The second kappa shape index (κ2) is 8.77. The number of imide groups is 1. The molecule has 1 saturated heterocycles. The largest absolute Gasteiger partial charge is 0.454 e. The van der Waals surface area contributed by atoms with E-state index >= 15 is 0 Å². The Hall–Kier alpha value is -2.45. The quantitative estimate of drug-likeness (QED) is 0.455. The number of carbonyl (C=O) groups excluding carboxylic acids is 5. The number of likely N-dealkylation sites (N-methyl/N-ethyl adjacent to an activating group) is 1. The highest BCUT2D eigenvalue weighted by atomic mass is 16.5. The lowest BCUT2D eigenvalue weighted by molar-refractivity contribution is -0.159. The van der Waals surface area contributed by atoms with Gasteiger partial charge in [-0.3, -0.25) is 24.1 Å². The number of hydrogen-bond acceptors (Lipinski definition) is 6. The van der Waals surface area contributed by atoms with E-state index in [0.29, 0.717) is 19.4 Å². The van der Waals surface area contributed by atoms with E-state index in [1.165, 1.54) is 6.92 Å². The number of nitrogens with zero attached hydrogens (tertiary/aromatic N) is 1. The van der Waals surface area contributed by atoms with Crippen LogP contribution >= 0.6 is 0 Å². The molecule has 0 bridgehead atoms. The van der Waals surface area contributed by atoms with Gasteiger partial charge in [-0.15, -0.1) is 0 Å². The van der Waals surface area contributed by atoms with Gasteiger partial charge in [0.15, 0.2) is 6.61 Å². The molecule has 1 aliphatic heterocycles. The van der Waals surface area contributed by atoms with Crippen LogP contribution in [0.3, 0.4) is 0 Å². The Kier molecular flexibility index (Phi) is 6.70. The number of ether oxygens (including phenoxy) is 1. The van der Waals surface area contributed by atoms with Gasteiger partial charge >= 0.3 is 5.97 Å². The summed E-state index contributed by atoms with van der Waals surface area (Å²) in [5.74, 6) is -3.15. The highest BCUT2D eigenvalue weighted by Gasteiger charge is 2.51. The van der Waals surface area contributed by atoms with Gasteiger partial charge in [-0.2, -0.15) is 0 Å². The molecule has 0 unspecified atom stereocenters. The van der Waals surface area contributed by atoms with Crippen LogP contribution in [0.4, 0.5) is 0 Å². The van der Waals surface area contributed by atoms with Gasteiger partial charge in [0, 0.05) is 6.54 Å². The number of nitrogens with one attached hydrogen (secondary N) is 2. The molecule has 3 atom stereocenters. The van der Waals surface area contributed by atoms with Crippen LogP contribution < -0.4 is 10.6 Å². The zero-order valence-corrected chi connectivity index (χ0v) is 15.1. The smallest absolute Gasteiger partial charge is 0.329 e. The van der Waals surface area contributed by atoms with Crippen molar-refractivity contribution >= 4 is 29.6 Å². The van der Waals surface area contributed by atoms with Gasteiger partial charge in [0.05, 0.1) is 18.4 Å². The van der Waals surface area contributed by atoms with E-state index in [-0.39, 0.29) is 36.1 Å². The van der Waals surface area contributed by atoms with Crippen LogP contribution in [-0.4, -0.2) is 60.2 Å². The molecule has 2 aliphatic rings. The lowest BCUT2D eigenvalue weighted by Gasteiger charge is -2.21. The fraction of sp³-hybridized carbons (Fsp3) is 0.706. The first-order chi connectivity index (χ1) is 12.4. The molecule has 1 saturated carbocycles. The zero-order chi connectivity index (χ0) is 19.3. The molecule has 0 radical (unpaired) electrons. The Morgan fingerprint density at radius 1 is 1.08 bits per heavy atom. The summed E-state index contributed by atoms with van der Waals surface area (Å²) < 4.78 is 4.89. The van der Waals surface area contributed by atoms with Crippen molar-refractivity contribution in [1.82, 2.24) is 15.5 Å². The summed E-state index contributed by atoms with van der Waals surface area (Å²) >= 11 is 0. The predicted octanol–water partition coefficient (Wildman–Crippen LogP) is -0.654. The zero-order valence-electron chi connectivity index (χ0n) is 15.1. The summed E-state index contributed by atoms with van der Waals surface area (Å²) in [6.45, 7) is 2.82. The molecule has 26 heavy (non-hydrogen) atoms. The number of likely N-dealkylation sites (tertiary alicyclic amines) is 1. The van der Waals surface area contributed by atoms with Gasteiger partial charge in [-0.1, -0.05) is 12.8 Å². The minimum absolute atomic E-state index is 0.216. The first kappa shape index (κ1) is 19.9. The van der Waals surface area contributed by atoms with Gasteiger partial charge in [-0.25, -0.2) is 4.79 Å². The van der Waals surface area contributed by atoms with E-state index in [2.05, 4.69) is 10.6 Å². The normalized spacial score (nSPS) is 23.2. The van der Waals surface area contributed by atoms with Crippen LogP contribution in [-0.2, 0) is 28.7 Å². The maximum atomic E-state index is 12.4. The minimum atomic E-state index is -1.07. The fourth-order valence-corrected chi connectivity index (χ4v) is 3.42. The molecule has 0 aromatic carbocycles. The predicted molar refractivity (Wildman–Crippen MR) is 89.4 cm³/mol. The lowest BCUT2D eigenvalue weighted by atomic mass is 9.81. The summed E-state index contributed by atoms with van der Waals surface area (Å²) in [5.41, 5.74) is 0. The average molecular weight is 367 g/mol. The third kappa shape index (κ3) is 4.39. The van der Waals surface area contributed by atoms with Crippen molar-refractivity contribution in [3.05, 3.63) is 0 Å². The van der Waals surface area contributed by atoms with E-state index in [1.54, 1.807) is 6.92 Å². The molecular weight excluding hydrogens is 342 g/mol. The Balaban J connectivity index is 1.83. The molecule has 2 N–H and O–H groups in total. The third-order valence-electron chi connectivity index (χ3n) is 4.77. The molecule has 9 nitrogen and oxygen atoms in total. The molecule has 0 spiro atoms. The average Bonchev–Trinajstić information content (AvgIpc) is 2.88. The maximum absolute atomic E-state index is 12.4. The maximum Gasteiger partial charge on any atom is 0.329 e. The summed E-state index contributed by atoms with van der Waals surface area (Å²) in [5, 5.41) is 4.83. The van der Waals surface area contributed by atoms with E-state index in [1.807, 2.05) is 0 Å². The van der Waals surface area contributed by atoms with E-state index in [0.717, 1.165) is 17.7 Å². The topological polar surface area (TPSA) is 122 Å². The van der Waals surface area contributed by atoms with Crippen LogP contribution in [0.15, 0.2) is 0 Å². The van der Waals surface area contributed by atoms with Gasteiger partial charge in [0.1, 0.15) is 6.04 Å². The molecule has 144 valence electrons. The third-order valence-corrected chi connectivity index (χ3v) is 4.77. The van der Waals surface area contributed by atoms with E-state index < -0.39 is 24.5 Å². The molecule has 2 fully saturated rings. The molecule has 1 heterocycles. The van der Waals surface area contributed by atoms with Gasteiger partial charge < -0.3 is 15.4 Å². The van der Waals surface area contributed by atoms with Crippen LogP contribution in [0, 0.1) is 11.8 Å². The number of esters is 1. The monoisotopic (exact) mass is 367 g/mol. The number of rotatable bonds is 7. The van der Waals surface area contributed by atoms with Gasteiger partial charge in [0.2, 0.25) is 17.7 Å². The van der Waals surface area contributed by atoms with Crippen LogP contribution in [0.25, 0.3) is 0 Å². The molecule has 0 aromatic heterocycles. The highest BCUT2D eigenvalue weighted by Crippen LogP contribution is 2.38. The Morgan fingerprint density at radius 3 is 2.19 bits per heavy atom. The van der Waals surface area contributed by atoms with Crippen LogP contribution in [0.2, 0.25) is 0 Å². The second-order valence-corrected chi connectivity index (χ2v) is 6.56. The van der Waals surface area contributed by atoms with Crippen molar-refractivity contribution in [3.8, 4) is 0 Å². The summed E-state index contributed by atoms with van der Waals surface area (Å²) in [6, 6.07) is -1.07. The molecule has 2 rings (SSSR count). The van der Waals surface area contributed by atoms with Gasteiger partial charge in [0.25, 0.3) is 5.91 Å². The standard InChI is InChI=1S/C17H25N3O6/c1-3-18-13(21)8-19-14(22)9-26-17(25)10(2)20-15(23)11-6-4-5-7-12(11)16(20)24/h10-12H,3-9H2,1-2H3,(H,18,21)(H,19,22)/t10-,11+,12+/m0/s1. The molecule has 9 heteroatoms. The van der Waals surface area contributed by atoms with Crippen molar-refractivity contribution in [1.29, 1.82) is 0 Å². The van der Waals surface area contributed by atoms with Gasteiger partial charge in [-0.05, 0) is 26.7 Å². The fourth-order valence-electron chi connectivity index (χ4n) is 3.42. The summed E-state index contributed by atoms with van der Waals surface area (Å²) in [7, 11) is 0. The van der Waals surface area contributed by atoms with Crippen molar-refractivity contribution in [2.45, 2.75) is 45.6 Å². The first-order valence-electron chi connectivity index (χ1n) is 8.93. The van der Waals surface area contributed by atoms with Crippen molar-refractivity contribution in [3.63, 3.8) is 0 Å². The molecule has 0 aromatic rings. The molecule has 1 aliphatic carbocycles. The molecule has 4 amide bonds. The van der Waals surface area contributed by atoms with E-state index in [9.17, 15) is 24.0 Å². The van der Waals surface area contributed by atoms with Crippen LogP contribution in [0.5, 0.6) is 0 Å². The SMILES string of the molecule is CCNC(=O)CNC(=O)COC(=O)[C@H](C)N1C(=O)[C@@H]2CCCC[C@H]2C1=O. The number of fused-ring (bicyclic) bond motifs is 1. The Labute approximate surface area is 151 Å². The number of carbonyl (C=O) groups is 5. The van der Waals surface area contributed by atoms with Crippen molar-refractivity contribution < 1.29 is 28.7 Å². The Bertz CT molecular complexity index is 581. The van der Waals surface area contributed by atoms with Crippen molar-refractivity contribution in [2.75, 3.05) is 19.7 Å². The highest BCUT2D eigenvalue weighted by molar-refractivity contribution is 6.07. The summed E-state index contributed by atoms with van der Waals surface area (Å²) in [4.78, 5) is 60.9. The number of hydrogen-bond donors (Lipinski definition) is 2. The number of amides is 4.